The van der Waals surface area contributed by atoms with Gasteiger partial charge in [-0.05, 0) is 25.0 Å². The van der Waals surface area contributed by atoms with Gasteiger partial charge in [0.2, 0.25) is 0 Å². The maximum atomic E-state index is 12.6. The maximum absolute atomic E-state index is 12.6. The molecule has 2 rings (SSSR count). The molecule has 9 heteroatoms. The lowest BCUT2D eigenvalue weighted by molar-refractivity contribution is -0.384. The molecule has 0 saturated heterocycles. The Bertz CT molecular complexity index is 775. The lowest BCUT2D eigenvalue weighted by Gasteiger charge is -2.36. The number of carbonyl (C=O) groups is 2. The first-order chi connectivity index (χ1) is 12.8. The predicted molar refractivity (Wildman–Crippen MR) is 95.6 cm³/mol. The molecule has 2 N–H and O–H groups in total. The van der Waals surface area contributed by atoms with Crippen molar-refractivity contribution in [2.75, 3.05) is 20.3 Å². The molecule has 9 nitrogen and oxygen atoms in total. The quantitative estimate of drug-likeness (QED) is 0.427. The van der Waals surface area contributed by atoms with Gasteiger partial charge in [-0.3, -0.25) is 14.9 Å². The lowest BCUT2D eigenvalue weighted by atomic mass is 9.78. The number of nitro benzene ring substituents is 1. The molecular formula is C18H22N2O7. The summed E-state index contributed by atoms with van der Waals surface area (Å²) in [6.45, 7) is 2.98. The van der Waals surface area contributed by atoms with Crippen LogP contribution in [0, 0.1) is 16.0 Å². The molecule has 3 atom stereocenters. The van der Waals surface area contributed by atoms with Gasteiger partial charge < -0.3 is 19.9 Å². The Morgan fingerprint density at radius 1 is 1.33 bits per heavy atom. The van der Waals surface area contributed by atoms with Crippen molar-refractivity contribution in [2.45, 2.75) is 25.9 Å². The number of nitrogens with one attached hydrogen (secondary N) is 1. The SMILES string of the molecule is COC(=O)C1=C(c2cccc([N+](=O)[O-])c2)C(C(=O)OCCO)C(C)NC1C. The molecule has 1 aromatic carbocycles. The van der Waals surface area contributed by atoms with Crippen molar-refractivity contribution >= 4 is 23.2 Å². The van der Waals surface area contributed by atoms with Crippen molar-refractivity contribution < 1.29 is 29.1 Å². The minimum Gasteiger partial charge on any atom is -0.466 e. The minimum atomic E-state index is -0.899. The van der Waals surface area contributed by atoms with E-state index in [1.54, 1.807) is 19.9 Å². The van der Waals surface area contributed by atoms with E-state index < -0.39 is 34.9 Å². The number of rotatable bonds is 6. The van der Waals surface area contributed by atoms with E-state index in [4.69, 9.17) is 14.6 Å². The van der Waals surface area contributed by atoms with Gasteiger partial charge in [0.15, 0.2) is 0 Å². The Morgan fingerprint density at radius 2 is 2.04 bits per heavy atom. The summed E-state index contributed by atoms with van der Waals surface area (Å²) < 4.78 is 9.95. The van der Waals surface area contributed by atoms with Crippen LogP contribution in [-0.4, -0.2) is 54.4 Å². The summed E-state index contributed by atoms with van der Waals surface area (Å²) in [5.74, 6) is -2.17. The zero-order valence-corrected chi connectivity index (χ0v) is 15.3. The predicted octanol–water partition coefficient (Wildman–Crippen LogP) is 1.05. The van der Waals surface area contributed by atoms with Crippen LogP contribution in [0.5, 0.6) is 0 Å². The average Bonchev–Trinajstić information content (AvgIpc) is 2.64. The van der Waals surface area contributed by atoms with Crippen LogP contribution in [0.2, 0.25) is 0 Å². The van der Waals surface area contributed by atoms with Crippen LogP contribution in [-0.2, 0) is 19.1 Å². The zero-order valence-electron chi connectivity index (χ0n) is 15.3. The van der Waals surface area contributed by atoms with Crippen molar-refractivity contribution in [1.29, 1.82) is 0 Å². The van der Waals surface area contributed by atoms with Crippen LogP contribution in [0.1, 0.15) is 19.4 Å². The van der Waals surface area contributed by atoms with Crippen LogP contribution in [0.15, 0.2) is 29.8 Å². The van der Waals surface area contributed by atoms with Gasteiger partial charge in [-0.25, -0.2) is 4.79 Å². The molecule has 3 unspecified atom stereocenters. The normalized spacial score (nSPS) is 22.3. The highest BCUT2D eigenvalue weighted by Crippen LogP contribution is 2.37. The molecule has 1 heterocycles. The summed E-state index contributed by atoms with van der Waals surface area (Å²) in [4.78, 5) is 35.7. The van der Waals surface area contributed by atoms with E-state index in [1.165, 1.54) is 25.3 Å². The van der Waals surface area contributed by atoms with Gasteiger partial charge >= 0.3 is 11.9 Å². The third-order valence-electron chi connectivity index (χ3n) is 4.41. The van der Waals surface area contributed by atoms with E-state index in [1.807, 2.05) is 0 Å². The smallest absolute Gasteiger partial charge is 0.335 e. The first-order valence-corrected chi connectivity index (χ1v) is 8.42. The summed E-state index contributed by atoms with van der Waals surface area (Å²) in [6.07, 6.45) is 0. The Kier molecular flexibility index (Phi) is 6.65. The van der Waals surface area contributed by atoms with Gasteiger partial charge in [0.1, 0.15) is 6.61 Å². The Morgan fingerprint density at radius 3 is 2.63 bits per heavy atom. The average molecular weight is 378 g/mol. The molecule has 146 valence electrons. The summed E-state index contributed by atoms with van der Waals surface area (Å²) in [5, 5.41) is 23.2. The van der Waals surface area contributed by atoms with E-state index in [2.05, 4.69) is 5.32 Å². The van der Waals surface area contributed by atoms with Crippen LogP contribution in [0.4, 0.5) is 5.69 Å². The number of hydrogen-bond acceptors (Lipinski definition) is 8. The van der Waals surface area contributed by atoms with Gasteiger partial charge in [-0.15, -0.1) is 0 Å². The largest absolute Gasteiger partial charge is 0.466 e. The Labute approximate surface area is 156 Å². The van der Waals surface area contributed by atoms with Crippen LogP contribution < -0.4 is 5.32 Å². The number of nitrogens with zero attached hydrogens (tertiary/aromatic N) is 1. The number of methoxy groups -OCH3 is 1. The van der Waals surface area contributed by atoms with Crippen molar-refractivity contribution in [3.05, 3.63) is 45.5 Å². The van der Waals surface area contributed by atoms with E-state index in [0.717, 1.165) is 0 Å². The highest BCUT2D eigenvalue weighted by molar-refractivity contribution is 6.04. The second-order valence-electron chi connectivity index (χ2n) is 6.17. The number of carbonyl (C=O) groups excluding carboxylic acids is 2. The molecule has 27 heavy (non-hydrogen) atoms. The van der Waals surface area contributed by atoms with Crippen molar-refractivity contribution in [3.63, 3.8) is 0 Å². The maximum Gasteiger partial charge on any atom is 0.335 e. The Balaban J connectivity index is 2.69. The number of esters is 2. The molecular weight excluding hydrogens is 356 g/mol. The molecule has 0 amide bonds. The number of non-ortho nitro benzene ring substituents is 1. The first kappa shape index (κ1) is 20.5. The lowest BCUT2D eigenvalue weighted by Crippen LogP contribution is -2.50. The topological polar surface area (TPSA) is 128 Å². The molecule has 0 radical (unpaired) electrons. The fraction of sp³-hybridized carbons (Fsp3) is 0.444. The molecule has 0 spiro atoms. The first-order valence-electron chi connectivity index (χ1n) is 8.42. The number of ether oxygens (including phenoxy) is 2. The molecule has 0 aromatic heterocycles. The van der Waals surface area contributed by atoms with Gasteiger partial charge in [0.25, 0.3) is 5.69 Å². The van der Waals surface area contributed by atoms with Crippen molar-refractivity contribution in [1.82, 2.24) is 5.32 Å². The molecule has 0 bridgehead atoms. The van der Waals surface area contributed by atoms with Crippen LogP contribution >= 0.6 is 0 Å². The second kappa shape index (κ2) is 8.74. The minimum absolute atomic E-state index is 0.162. The van der Waals surface area contributed by atoms with Crippen molar-refractivity contribution in [3.8, 4) is 0 Å². The van der Waals surface area contributed by atoms with E-state index in [-0.39, 0.29) is 24.5 Å². The molecule has 1 aliphatic heterocycles. The third kappa shape index (κ3) is 4.32. The van der Waals surface area contributed by atoms with E-state index >= 15 is 0 Å². The molecule has 0 fully saturated rings. The number of hydrogen-bond donors (Lipinski definition) is 2. The number of nitro groups is 1. The van der Waals surface area contributed by atoms with Crippen LogP contribution in [0.3, 0.4) is 0 Å². The Hall–Kier alpha value is -2.78. The monoisotopic (exact) mass is 378 g/mol. The standard InChI is InChI=1S/C18H22N2O7/c1-10-14(17(22)26-3)16(12-5-4-6-13(9-12)20(24)25)15(11(2)19-10)18(23)27-8-7-21/h4-6,9-11,15,19,21H,7-8H2,1-3H3. The highest BCUT2D eigenvalue weighted by atomic mass is 16.6. The third-order valence-corrected chi connectivity index (χ3v) is 4.41. The van der Waals surface area contributed by atoms with E-state index in [0.29, 0.717) is 11.1 Å². The number of aliphatic hydroxyl groups is 1. The van der Waals surface area contributed by atoms with Gasteiger partial charge in [-0.1, -0.05) is 12.1 Å². The summed E-state index contributed by atoms with van der Waals surface area (Å²) in [5.41, 5.74) is 0.746. The summed E-state index contributed by atoms with van der Waals surface area (Å²) in [7, 11) is 1.23. The van der Waals surface area contributed by atoms with Crippen molar-refractivity contribution in [2.24, 2.45) is 5.92 Å². The molecule has 1 aromatic rings. The van der Waals surface area contributed by atoms with Gasteiger partial charge in [-0.2, -0.15) is 0 Å². The molecule has 1 aliphatic rings. The second-order valence-corrected chi connectivity index (χ2v) is 6.17. The summed E-state index contributed by atoms with van der Waals surface area (Å²) >= 11 is 0. The number of benzene rings is 1. The molecule has 0 aliphatic carbocycles. The van der Waals surface area contributed by atoms with E-state index in [9.17, 15) is 19.7 Å². The van der Waals surface area contributed by atoms with Gasteiger partial charge in [0, 0.05) is 24.2 Å². The van der Waals surface area contributed by atoms with Gasteiger partial charge in [0.05, 0.1) is 30.1 Å². The fourth-order valence-electron chi connectivity index (χ4n) is 3.30. The van der Waals surface area contributed by atoms with Crippen LogP contribution in [0.25, 0.3) is 5.57 Å². The highest BCUT2D eigenvalue weighted by Gasteiger charge is 2.41. The number of aliphatic hydroxyl groups excluding tert-OH is 1. The molecule has 0 saturated carbocycles. The fourth-order valence-corrected chi connectivity index (χ4v) is 3.30. The zero-order chi connectivity index (χ0) is 20.1. The summed E-state index contributed by atoms with van der Waals surface area (Å²) in [6, 6.07) is 4.88.